The van der Waals surface area contributed by atoms with Crippen molar-refractivity contribution in [2.45, 2.75) is 19.4 Å². The molecule has 0 bridgehead atoms. The van der Waals surface area contributed by atoms with E-state index in [1.54, 1.807) is 13.2 Å². The first-order valence-corrected chi connectivity index (χ1v) is 6.33. The van der Waals surface area contributed by atoms with Gasteiger partial charge >= 0.3 is 0 Å². The van der Waals surface area contributed by atoms with Crippen molar-refractivity contribution in [1.82, 2.24) is 0 Å². The van der Waals surface area contributed by atoms with Crippen LogP contribution in [0.1, 0.15) is 12.5 Å². The molecule has 2 nitrogen and oxygen atoms in total. The second-order valence-electron chi connectivity index (χ2n) is 4.58. The molecule has 1 unspecified atom stereocenters. The summed E-state index contributed by atoms with van der Waals surface area (Å²) in [6, 6.07) is 15.0. The van der Waals surface area contributed by atoms with Crippen molar-refractivity contribution in [3.63, 3.8) is 0 Å². The molecule has 3 heteroatoms. The first-order valence-electron chi connectivity index (χ1n) is 6.33. The second kappa shape index (κ2) is 6.23. The molecule has 100 valence electrons. The first-order chi connectivity index (χ1) is 9.19. The highest BCUT2D eigenvalue weighted by Gasteiger charge is 2.08. The van der Waals surface area contributed by atoms with Crippen molar-refractivity contribution < 1.29 is 9.13 Å². The van der Waals surface area contributed by atoms with Crippen LogP contribution in [0.2, 0.25) is 0 Å². The summed E-state index contributed by atoms with van der Waals surface area (Å²) in [4.78, 5) is 0. The predicted molar refractivity (Wildman–Crippen MR) is 76.2 cm³/mol. The highest BCUT2D eigenvalue weighted by molar-refractivity contribution is 5.57. The number of ether oxygens (including phenoxy) is 1. The van der Waals surface area contributed by atoms with Gasteiger partial charge in [0, 0.05) is 12.1 Å². The number of nitrogens with one attached hydrogen (secondary N) is 1. The maximum Gasteiger partial charge on any atom is 0.144 e. The number of anilines is 1. The second-order valence-corrected chi connectivity index (χ2v) is 4.58. The predicted octanol–water partition coefficient (Wildman–Crippen LogP) is 3.88. The molecule has 1 atom stereocenters. The molecule has 0 saturated heterocycles. The van der Waals surface area contributed by atoms with E-state index in [1.807, 2.05) is 18.2 Å². The quantitative estimate of drug-likeness (QED) is 0.880. The summed E-state index contributed by atoms with van der Waals surface area (Å²) in [5.41, 5.74) is 2.08. The van der Waals surface area contributed by atoms with E-state index < -0.39 is 0 Å². The van der Waals surface area contributed by atoms with Crippen LogP contribution in [-0.4, -0.2) is 13.2 Å². The van der Waals surface area contributed by atoms with Crippen LogP contribution < -0.4 is 10.1 Å². The molecule has 2 rings (SSSR count). The lowest BCUT2D eigenvalue weighted by Crippen LogP contribution is -2.18. The van der Waals surface area contributed by atoms with Crippen LogP contribution in [0, 0.1) is 5.82 Å². The zero-order valence-corrected chi connectivity index (χ0v) is 11.2. The van der Waals surface area contributed by atoms with Gasteiger partial charge in [-0.25, -0.2) is 4.39 Å². The minimum atomic E-state index is -0.293. The molecule has 0 fully saturated rings. The van der Waals surface area contributed by atoms with E-state index in [9.17, 15) is 4.39 Å². The molecule has 0 amide bonds. The van der Waals surface area contributed by atoms with E-state index >= 15 is 0 Å². The van der Waals surface area contributed by atoms with Gasteiger partial charge in [-0.05, 0) is 31.0 Å². The minimum Gasteiger partial charge on any atom is -0.494 e. The third-order valence-corrected chi connectivity index (χ3v) is 2.95. The Morgan fingerprint density at radius 1 is 1.16 bits per heavy atom. The highest BCUT2D eigenvalue weighted by Crippen LogP contribution is 2.26. The van der Waals surface area contributed by atoms with Gasteiger partial charge in [0.15, 0.2) is 0 Å². The lowest BCUT2D eigenvalue weighted by Gasteiger charge is -2.17. The van der Waals surface area contributed by atoms with Gasteiger partial charge in [0.05, 0.1) is 12.8 Å². The normalized spacial score (nSPS) is 11.9. The standard InChI is InChI=1S/C16H18FNO/c1-12(10-13-6-4-3-5-7-13)18-15-9-8-14(17)11-16(15)19-2/h3-9,11-12,18H,10H2,1-2H3. The van der Waals surface area contributed by atoms with Gasteiger partial charge in [0.25, 0.3) is 0 Å². The first kappa shape index (κ1) is 13.4. The van der Waals surface area contributed by atoms with Crippen molar-refractivity contribution >= 4 is 5.69 Å². The number of methoxy groups -OCH3 is 1. The Balaban J connectivity index is 2.04. The van der Waals surface area contributed by atoms with Crippen LogP contribution in [0.3, 0.4) is 0 Å². The summed E-state index contributed by atoms with van der Waals surface area (Å²) in [6.45, 7) is 2.09. The van der Waals surface area contributed by atoms with Crippen LogP contribution in [-0.2, 0) is 6.42 Å². The number of rotatable bonds is 5. The molecule has 0 aliphatic carbocycles. The summed E-state index contributed by atoms with van der Waals surface area (Å²) < 4.78 is 18.3. The number of hydrogen-bond acceptors (Lipinski definition) is 2. The Labute approximate surface area is 113 Å². The minimum absolute atomic E-state index is 0.238. The molecule has 19 heavy (non-hydrogen) atoms. The van der Waals surface area contributed by atoms with Gasteiger partial charge < -0.3 is 10.1 Å². The molecule has 0 saturated carbocycles. The van der Waals surface area contributed by atoms with Crippen LogP contribution in [0.15, 0.2) is 48.5 Å². The smallest absolute Gasteiger partial charge is 0.144 e. The Bertz CT molecular complexity index is 528. The Morgan fingerprint density at radius 3 is 2.58 bits per heavy atom. The fourth-order valence-corrected chi connectivity index (χ4v) is 2.07. The lowest BCUT2D eigenvalue weighted by molar-refractivity contribution is 0.412. The summed E-state index contributed by atoms with van der Waals surface area (Å²) in [5.74, 6) is 0.234. The molecule has 0 aliphatic rings. The topological polar surface area (TPSA) is 21.3 Å². The van der Waals surface area contributed by atoms with Crippen LogP contribution in [0.25, 0.3) is 0 Å². The van der Waals surface area contributed by atoms with E-state index in [1.165, 1.54) is 17.7 Å². The fourth-order valence-electron chi connectivity index (χ4n) is 2.07. The van der Waals surface area contributed by atoms with E-state index in [4.69, 9.17) is 4.74 Å². The molecule has 0 aromatic heterocycles. The van der Waals surface area contributed by atoms with E-state index in [0.29, 0.717) is 5.75 Å². The molecule has 2 aromatic carbocycles. The Morgan fingerprint density at radius 2 is 1.89 bits per heavy atom. The molecule has 2 aromatic rings. The fraction of sp³-hybridized carbons (Fsp3) is 0.250. The van der Waals surface area contributed by atoms with Crippen LogP contribution in [0.4, 0.5) is 10.1 Å². The van der Waals surface area contributed by atoms with Crippen molar-refractivity contribution in [2.24, 2.45) is 0 Å². The largest absolute Gasteiger partial charge is 0.494 e. The van der Waals surface area contributed by atoms with Crippen molar-refractivity contribution in [2.75, 3.05) is 12.4 Å². The van der Waals surface area contributed by atoms with Gasteiger partial charge in [0.1, 0.15) is 11.6 Å². The zero-order valence-electron chi connectivity index (χ0n) is 11.2. The van der Waals surface area contributed by atoms with Gasteiger partial charge in [-0.1, -0.05) is 30.3 Å². The van der Waals surface area contributed by atoms with E-state index in [-0.39, 0.29) is 11.9 Å². The summed E-state index contributed by atoms with van der Waals surface area (Å²) in [5, 5.41) is 3.35. The molecule has 1 N–H and O–H groups in total. The van der Waals surface area contributed by atoms with Gasteiger partial charge in [-0.3, -0.25) is 0 Å². The average Bonchev–Trinajstić information content (AvgIpc) is 2.42. The van der Waals surface area contributed by atoms with E-state index in [2.05, 4.69) is 24.4 Å². The van der Waals surface area contributed by atoms with Gasteiger partial charge in [-0.15, -0.1) is 0 Å². The number of hydrogen-bond donors (Lipinski definition) is 1. The number of halogens is 1. The molecule has 0 spiro atoms. The summed E-state index contributed by atoms with van der Waals surface area (Å²) in [6.07, 6.45) is 0.904. The monoisotopic (exact) mass is 259 g/mol. The summed E-state index contributed by atoms with van der Waals surface area (Å²) in [7, 11) is 1.54. The molecular formula is C16H18FNO. The molecule has 0 aliphatic heterocycles. The van der Waals surface area contributed by atoms with Crippen molar-refractivity contribution in [3.05, 3.63) is 59.9 Å². The van der Waals surface area contributed by atoms with E-state index in [0.717, 1.165) is 12.1 Å². The third kappa shape index (κ3) is 3.71. The Kier molecular flexibility index (Phi) is 4.39. The average molecular weight is 259 g/mol. The number of benzene rings is 2. The third-order valence-electron chi connectivity index (χ3n) is 2.95. The highest BCUT2D eigenvalue weighted by atomic mass is 19.1. The van der Waals surface area contributed by atoms with Gasteiger partial charge in [-0.2, -0.15) is 0 Å². The van der Waals surface area contributed by atoms with Crippen LogP contribution >= 0.6 is 0 Å². The SMILES string of the molecule is COc1cc(F)ccc1NC(C)Cc1ccccc1. The van der Waals surface area contributed by atoms with Crippen molar-refractivity contribution in [1.29, 1.82) is 0 Å². The lowest BCUT2D eigenvalue weighted by atomic mass is 10.1. The maximum absolute atomic E-state index is 13.1. The summed E-state index contributed by atoms with van der Waals surface area (Å²) >= 11 is 0. The van der Waals surface area contributed by atoms with Crippen LogP contribution in [0.5, 0.6) is 5.75 Å². The van der Waals surface area contributed by atoms with Gasteiger partial charge in [0.2, 0.25) is 0 Å². The molecule has 0 radical (unpaired) electrons. The molecular weight excluding hydrogens is 241 g/mol. The Hall–Kier alpha value is -2.03. The molecule has 0 heterocycles. The maximum atomic E-state index is 13.1. The zero-order chi connectivity index (χ0) is 13.7. The van der Waals surface area contributed by atoms with Crippen molar-refractivity contribution in [3.8, 4) is 5.75 Å².